The molecule has 1 unspecified atom stereocenters. The van der Waals surface area contributed by atoms with E-state index in [1.807, 2.05) is 0 Å². The van der Waals surface area contributed by atoms with Crippen molar-refractivity contribution in [3.05, 3.63) is 0 Å². The Morgan fingerprint density at radius 3 is 2.32 bits per heavy atom. The molecule has 0 aromatic carbocycles. The molecule has 0 saturated heterocycles. The van der Waals surface area contributed by atoms with Gasteiger partial charge in [0.2, 0.25) is 5.91 Å². The van der Waals surface area contributed by atoms with Crippen molar-refractivity contribution in [3.8, 4) is 0 Å². The number of nitrogens with two attached hydrogens (primary N) is 1. The fraction of sp³-hybridized carbons (Fsp3) is 0.938. The molecule has 3 N–H and O–H groups in total. The van der Waals surface area contributed by atoms with E-state index in [9.17, 15) is 4.79 Å². The maximum absolute atomic E-state index is 12.1. The average molecular weight is 268 g/mol. The predicted molar refractivity (Wildman–Crippen MR) is 80.8 cm³/mol. The molecule has 0 radical (unpaired) electrons. The Balaban J connectivity index is 2.25. The zero-order valence-corrected chi connectivity index (χ0v) is 13.2. The molecule has 3 heteroatoms. The first-order valence-electron chi connectivity index (χ1n) is 7.87. The molecule has 1 saturated carbocycles. The molecule has 1 atom stereocenters. The van der Waals surface area contributed by atoms with E-state index in [2.05, 4.69) is 33.0 Å². The SMILES string of the molecule is CCC(N)CCNC(=O)C1CCC(C(C)(C)C)CC1. The van der Waals surface area contributed by atoms with Crippen LogP contribution in [-0.4, -0.2) is 18.5 Å². The minimum absolute atomic E-state index is 0.219. The molecule has 19 heavy (non-hydrogen) atoms. The van der Waals surface area contributed by atoms with E-state index in [1.54, 1.807) is 0 Å². The van der Waals surface area contributed by atoms with Crippen molar-refractivity contribution >= 4 is 5.91 Å². The van der Waals surface area contributed by atoms with Gasteiger partial charge in [0.05, 0.1) is 0 Å². The number of amides is 1. The van der Waals surface area contributed by atoms with E-state index in [4.69, 9.17) is 5.73 Å². The third-order valence-electron chi connectivity index (χ3n) is 4.66. The van der Waals surface area contributed by atoms with Crippen LogP contribution in [0.5, 0.6) is 0 Å². The van der Waals surface area contributed by atoms with Crippen LogP contribution in [0.2, 0.25) is 0 Å². The molecule has 1 amide bonds. The van der Waals surface area contributed by atoms with Crippen LogP contribution in [-0.2, 0) is 4.79 Å². The van der Waals surface area contributed by atoms with Gasteiger partial charge < -0.3 is 11.1 Å². The van der Waals surface area contributed by atoms with Crippen LogP contribution in [0.4, 0.5) is 0 Å². The summed E-state index contributed by atoms with van der Waals surface area (Å²) >= 11 is 0. The molecule has 1 fully saturated rings. The lowest BCUT2D eigenvalue weighted by Gasteiger charge is -2.36. The first-order chi connectivity index (χ1) is 8.84. The van der Waals surface area contributed by atoms with Crippen molar-refractivity contribution in [2.75, 3.05) is 6.54 Å². The molecule has 3 nitrogen and oxygen atoms in total. The predicted octanol–water partition coefficient (Wildman–Crippen LogP) is 3.08. The largest absolute Gasteiger partial charge is 0.356 e. The van der Waals surface area contributed by atoms with Crippen molar-refractivity contribution in [2.45, 2.75) is 72.3 Å². The minimum atomic E-state index is 0.219. The Labute approximate surface area is 118 Å². The second-order valence-corrected chi connectivity index (χ2v) is 7.16. The second-order valence-electron chi connectivity index (χ2n) is 7.16. The lowest BCUT2D eigenvalue weighted by molar-refractivity contribution is -0.126. The molecule has 0 heterocycles. The number of hydrogen-bond donors (Lipinski definition) is 2. The van der Waals surface area contributed by atoms with E-state index >= 15 is 0 Å². The van der Waals surface area contributed by atoms with E-state index in [-0.39, 0.29) is 17.9 Å². The summed E-state index contributed by atoms with van der Waals surface area (Å²) in [4.78, 5) is 12.1. The summed E-state index contributed by atoms with van der Waals surface area (Å²) in [6.45, 7) is 9.74. The second kappa shape index (κ2) is 7.28. The number of rotatable bonds is 5. The van der Waals surface area contributed by atoms with Gasteiger partial charge in [0.15, 0.2) is 0 Å². The highest BCUT2D eigenvalue weighted by atomic mass is 16.1. The summed E-state index contributed by atoms with van der Waals surface area (Å²) in [6, 6.07) is 0.219. The molecule has 0 aromatic heterocycles. The molecule has 0 aliphatic heterocycles. The highest BCUT2D eigenvalue weighted by Gasteiger charge is 2.32. The summed E-state index contributed by atoms with van der Waals surface area (Å²) in [7, 11) is 0. The highest BCUT2D eigenvalue weighted by Crippen LogP contribution is 2.39. The molecular formula is C16H32N2O. The first-order valence-corrected chi connectivity index (χ1v) is 7.87. The van der Waals surface area contributed by atoms with Crippen molar-refractivity contribution in [1.82, 2.24) is 5.32 Å². The Morgan fingerprint density at radius 2 is 1.84 bits per heavy atom. The quantitative estimate of drug-likeness (QED) is 0.805. The first kappa shape index (κ1) is 16.5. The van der Waals surface area contributed by atoms with Gasteiger partial charge in [-0.05, 0) is 49.9 Å². The Morgan fingerprint density at radius 1 is 1.26 bits per heavy atom. The number of carbonyl (C=O) groups excluding carboxylic acids is 1. The summed E-state index contributed by atoms with van der Waals surface area (Å²) in [5.74, 6) is 1.25. The van der Waals surface area contributed by atoms with Gasteiger partial charge in [-0.2, -0.15) is 0 Å². The Hall–Kier alpha value is -0.570. The van der Waals surface area contributed by atoms with Crippen LogP contribution >= 0.6 is 0 Å². The van der Waals surface area contributed by atoms with Crippen LogP contribution in [0, 0.1) is 17.3 Å². The summed E-state index contributed by atoms with van der Waals surface area (Å²) in [5.41, 5.74) is 6.24. The number of hydrogen-bond acceptors (Lipinski definition) is 2. The molecule has 0 bridgehead atoms. The molecule has 112 valence electrons. The van der Waals surface area contributed by atoms with Crippen LogP contribution in [0.25, 0.3) is 0 Å². The summed E-state index contributed by atoms with van der Waals surface area (Å²) in [5, 5.41) is 3.05. The van der Waals surface area contributed by atoms with Gasteiger partial charge in [-0.15, -0.1) is 0 Å². The lowest BCUT2D eigenvalue weighted by atomic mass is 9.69. The molecular weight excluding hydrogens is 236 g/mol. The highest BCUT2D eigenvalue weighted by molar-refractivity contribution is 5.78. The Bertz CT molecular complexity index is 275. The van der Waals surface area contributed by atoms with Gasteiger partial charge in [-0.25, -0.2) is 0 Å². The van der Waals surface area contributed by atoms with Gasteiger partial charge in [-0.3, -0.25) is 4.79 Å². The maximum Gasteiger partial charge on any atom is 0.223 e. The van der Waals surface area contributed by atoms with Crippen LogP contribution in [0.15, 0.2) is 0 Å². The van der Waals surface area contributed by atoms with Crippen molar-refractivity contribution in [2.24, 2.45) is 23.0 Å². The van der Waals surface area contributed by atoms with E-state index in [1.165, 1.54) is 12.8 Å². The van der Waals surface area contributed by atoms with Gasteiger partial charge in [0, 0.05) is 18.5 Å². The van der Waals surface area contributed by atoms with Gasteiger partial charge in [0.25, 0.3) is 0 Å². The van der Waals surface area contributed by atoms with Crippen LogP contribution in [0.1, 0.15) is 66.2 Å². The third kappa shape index (κ3) is 5.52. The fourth-order valence-electron chi connectivity index (χ4n) is 2.95. The lowest BCUT2D eigenvalue weighted by Crippen LogP contribution is -2.37. The summed E-state index contributed by atoms with van der Waals surface area (Å²) < 4.78 is 0. The number of carbonyl (C=O) groups is 1. The molecule has 1 aliphatic carbocycles. The zero-order chi connectivity index (χ0) is 14.5. The minimum Gasteiger partial charge on any atom is -0.356 e. The fourth-order valence-corrected chi connectivity index (χ4v) is 2.95. The summed E-state index contributed by atoms with van der Waals surface area (Å²) in [6.07, 6.45) is 6.35. The topological polar surface area (TPSA) is 55.1 Å². The smallest absolute Gasteiger partial charge is 0.223 e. The third-order valence-corrected chi connectivity index (χ3v) is 4.66. The van der Waals surface area contributed by atoms with E-state index in [0.717, 1.165) is 38.1 Å². The monoisotopic (exact) mass is 268 g/mol. The molecule has 0 spiro atoms. The standard InChI is InChI=1S/C16H32N2O/c1-5-14(17)10-11-18-15(19)12-6-8-13(9-7-12)16(2,3)4/h12-14H,5-11,17H2,1-4H3,(H,18,19). The van der Waals surface area contributed by atoms with Gasteiger partial charge in [-0.1, -0.05) is 27.7 Å². The number of nitrogens with one attached hydrogen (secondary N) is 1. The van der Waals surface area contributed by atoms with Crippen molar-refractivity contribution in [3.63, 3.8) is 0 Å². The normalized spacial score (nSPS) is 25.9. The molecule has 1 aliphatic rings. The molecule has 0 aromatic rings. The van der Waals surface area contributed by atoms with Gasteiger partial charge in [0.1, 0.15) is 0 Å². The van der Waals surface area contributed by atoms with Crippen molar-refractivity contribution in [1.29, 1.82) is 0 Å². The zero-order valence-electron chi connectivity index (χ0n) is 13.2. The maximum atomic E-state index is 12.1. The molecule has 1 rings (SSSR count). The van der Waals surface area contributed by atoms with E-state index < -0.39 is 0 Å². The van der Waals surface area contributed by atoms with Crippen LogP contribution in [0.3, 0.4) is 0 Å². The van der Waals surface area contributed by atoms with Crippen LogP contribution < -0.4 is 11.1 Å². The van der Waals surface area contributed by atoms with E-state index in [0.29, 0.717) is 5.41 Å². The Kier molecular flexibility index (Phi) is 6.31. The average Bonchev–Trinajstić information content (AvgIpc) is 2.37. The van der Waals surface area contributed by atoms with Gasteiger partial charge >= 0.3 is 0 Å². The van der Waals surface area contributed by atoms with Crippen molar-refractivity contribution < 1.29 is 4.79 Å².